The van der Waals surface area contributed by atoms with Crippen LogP contribution in [0.4, 0.5) is 0 Å². The van der Waals surface area contributed by atoms with E-state index in [9.17, 15) is 8.42 Å². The van der Waals surface area contributed by atoms with Gasteiger partial charge in [-0.15, -0.1) is 0 Å². The van der Waals surface area contributed by atoms with Gasteiger partial charge in [0.1, 0.15) is 0 Å². The Hall–Kier alpha value is -0.170. The van der Waals surface area contributed by atoms with Gasteiger partial charge in [-0.25, -0.2) is 8.42 Å². The van der Waals surface area contributed by atoms with Gasteiger partial charge in [0.2, 0.25) is 10.0 Å². The smallest absolute Gasteiger partial charge is 0.214 e. The fraction of sp³-hybridized carbons (Fsp3) is 1.00. The summed E-state index contributed by atoms with van der Waals surface area (Å²) in [7, 11) is -3.04. The van der Waals surface area contributed by atoms with Crippen molar-refractivity contribution in [3.8, 4) is 0 Å². The van der Waals surface area contributed by atoms with Crippen LogP contribution in [0.25, 0.3) is 0 Å². The molecule has 0 aliphatic carbocycles. The van der Waals surface area contributed by atoms with Crippen molar-refractivity contribution in [1.82, 2.24) is 14.5 Å². The molecule has 0 atom stereocenters. The molecule has 0 radical (unpaired) electrons. The summed E-state index contributed by atoms with van der Waals surface area (Å²) in [5, 5.41) is 3.24. The highest BCUT2D eigenvalue weighted by molar-refractivity contribution is 7.89. The molecular formula is C13H29N3O2S. The highest BCUT2D eigenvalue weighted by Crippen LogP contribution is 2.09. The second-order valence-electron chi connectivity index (χ2n) is 5.16. The Bertz CT molecular complexity index is 325. The van der Waals surface area contributed by atoms with Crippen LogP contribution < -0.4 is 5.32 Å². The highest BCUT2D eigenvalue weighted by atomic mass is 32.2. The second-order valence-corrected chi connectivity index (χ2v) is 7.25. The third-order valence-corrected chi connectivity index (χ3v) is 5.40. The van der Waals surface area contributed by atoms with E-state index in [0.717, 1.165) is 45.6 Å². The van der Waals surface area contributed by atoms with E-state index < -0.39 is 10.0 Å². The van der Waals surface area contributed by atoms with Crippen LogP contribution in [-0.4, -0.2) is 69.2 Å². The largest absolute Gasteiger partial charge is 0.317 e. The predicted octanol–water partition coefficient (Wildman–Crippen LogP) is 0.734. The van der Waals surface area contributed by atoms with Crippen LogP contribution in [0.3, 0.4) is 0 Å². The normalized spacial score (nSPS) is 18.8. The van der Waals surface area contributed by atoms with E-state index in [2.05, 4.69) is 24.1 Å². The summed E-state index contributed by atoms with van der Waals surface area (Å²) in [5.41, 5.74) is 0. The van der Waals surface area contributed by atoms with Crippen LogP contribution in [0.1, 0.15) is 33.1 Å². The first kappa shape index (κ1) is 16.9. The van der Waals surface area contributed by atoms with Crippen molar-refractivity contribution in [3.05, 3.63) is 0 Å². The van der Waals surface area contributed by atoms with E-state index in [-0.39, 0.29) is 5.75 Å². The highest BCUT2D eigenvalue weighted by Gasteiger charge is 2.25. The molecule has 6 heteroatoms. The van der Waals surface area contributed by atoms with Gasteiger partial charge >= 0.3 is 0 Å². The molecule has 1 fully saturated rings. The lowest BCUT2D eigenvalue weighted by atomic mass is 10.3. The summed E-state index contributed by atoms with van der Waals surface area (Å²) < 4.78 is 26.0. The monoisotopic (exact) mass is 291 g/mol. The van der Waals surface area contributed by atoms with E-state index in [1.807, 2.05) is 0 Å². The van der Waals surface area contributed by atoms with Crippen LogP contribution in [-0.2, 0) is 10.0 Å². The number of hydrogen-bond acceptors (Lipinski definition) is 4. The van der Waals surface area contributed by atoms with Crippen molar-refractivity contribution in [2.75, 3.05) is 51.6 Å². The van der Waals surface area contributed by atoms with Crippen molar-refractivity contribution in [3.63, 3.8) is 0 Å². The first-order chi connectivity index (χ1) is 9.10. The minimum Gasteiger partial charge on any atom is -0.317 e. The molecule has 1 rings (SSSR count). The Balaban J connectivity index is 2.26. The Labute approximate surface area is 118 Å². The minimum atomic E-state index is -3.04. The summed E-state index contributed by atoms with van der Waals surface area (Å²) in [4.78, 5) is 2.34. The van der Waals surface area contributed by atoms with Gasteiger partial charge in [-0.1, -0.05) is 13.8 Å². The maximum atomic E-state index is 12.2. The summed E-state index contributed by atoms with van der Waals surface area (Å²) >= 11 is 0. The summed E-state index contributed by atoms with van der Waals surface area (Å²) in [5.74, 6) is 0.275. The average Bonchev–Trinajstić information content (AvgIpc) is 2.39. The molecule has 0 spiro atoms. The lowest BCUT2D eigenvalue weighted by Crippen LogP contribution is -2.49. The molecule has 1 heterocycles. The lowest BCUT2D eigenvalue weighted by Gasteiger charge is -2.33. The van der Waals surface area contributed by atoms with Crippen molar-refractivity contribution >= 4 is 10.0 Å². The minimum absolute atomic E-state index is 0.275. The first-order valence-corrected chi connectivity index (χ1v) is 9.12. The van der Waals surface area contributed by atoms with Gasteiger partial charge < -0.3 is 10.2 Å². The standard InChI is InChI=1S/C13H29N3O2S/c1-3-6-14-7-5-13-19(17,18)16-11-9-15(8-4-2)10-12-16/h14H,3-13H2,1-2H3. The van der Waals surface area contributed by atoms with Crippen molar-refractivity contribution in [2.24, 2.45) is 0 Å². The van der Waals surface area contributed by atoms with E-state index >= 15 is 0 Å². The van der Waals surface area contributed by atoms with E-state index in [1.165, 1.54) is 0 Å². The summed E-state index contributed by atoms with van der Waals surface area (Å²) in [6, 6.07) is 0. The zero-order valence-electron chi connectivity index (χ0n) is 12.4. The number of sulfonamides is 1. The van der Waals surface area contributed by atoms with Crippen molar-refractivity contribution < 1.29 is 8.42 Å². The van der Waals surface area contributed by atoms with Gasteiger partial charge in [-0.05, 0) is 38.9 Å². The van der Waals surface area contributed by atoms with Gasteiger partial charge in [0, 0.05) is 26.2 Å². The van der Waals surface area contributed by atoms with Crippen LogP contribution in [0, 0.1) is 0 Å². The van der Waals surface area contributed by atoms with E-state index in [0.29, 0.717) is 19.5 Å². The van der Waals surface area contributed by atoms with Gasteiger partial charge in [0.15, 0.2) is 0 Å². The second kappa shape index (κ2) is 8.89. The van der Waals surface area contributed by atoms with Gasteiger partial charge in [-0.2, -0.15) is 4.31 Å². The van der Waals surface area contributed by atoms with Crippen molar-refractivity contribution in [1.29, 1.82) is 0 Å². The molecule has 1 aliphatic rings. The molecule has 0 aromatic rings. The fourth-order valence-electron chi connectivity index (χ4n) is 2.36. The molecule has 0 bridgehead atoms. The summed E-state index contributed by atoms with van der Waals surface area (Å²) in [6.07, 6.45) is 2.93. The van der Waals surface area contributed by atoms with E-state index in [1.54, 1.807) is 4.31 Å². The molecule has 5 nitrogen and oxygen atoms in total. The molecule has 1 aliphatic heterocycles. The Morgan fingerprint density at radius 2 is 1.68 bits per heavy atom. The molecule has 0 amide bonds. The van der Waals surface area contributed by atoms with Gasteiger partial charge in [0.05, 0.1) is 5.75 Å². The van der Waals surface area contributed by atoms with Crippen LogP contribution in [0.15, 0.2) is 0 Å². The van der Waals surface area contributed by atoms with Crippen LogP contribution in [0.2, 0.25) is 0 Å². The number of nitrogens with zero attached hydrogens (tertiary/aromatic N) is 2. The lowest BCUT2D eigenvalue weighted by molar-refractivity contribution is 0.188. The Kier molecular flexibility index (Phi) is 7.90. The molecule has 19 heavy (non-hydrogen) atoms. The first-order valence-electron chi connectivity index (χ1n) is 7.51. The molecule has 1 N–H and O–H groups in total. The van der Waals surface area contributed by atoms with Crippen molar-refractivity contribution in [2.45, 2.75) is 33.1 Å². The zero-order chi connectivity index (χ0) is 14.1. The quantitative estimate of drug-likeness (QED) is 0.637. The van der Waals surface area contributed by atoms with Crippen LogP contribution in [0.5, 0.6) is 0 Å². The Morgan fingerprint density at radius 1 is 1.00 bits per heavy atom. The predicted molar refractivity (Wildman–Crippen MR) is 79.9 cm³/mol. The molecule has 114 valence electrons. The van der Waals surface area contributed by atoms with Crippen LogP contribution >= 0.6 is 0 Å². The summed E-state index contributed by atoms with van der Waals surface area (Å²) in [6.45, 7) is 10.2. The zero-order valence-corrected chi connectivity index (χ0v) is 13.2. The molecule has 0 aromatic carbocycles. The molecule has 1 saturated heterocycles. The SMILES string of the molecule is CCCNCCCS(=O)(=O)N1CCN(CCC)CC1. The number of rotatable bonds is 9. The maximum Gasteiger partial charge on any atom is 0.214 e. The molecule has 0 aromatic heterocycles. The molecular weight excluding hydrogens is 262 g/mol. The number of hydrogen-bond donors (Lipinski definition) is 1. The molecule has 0 unspecified atom stereocenters. The number of piperazine rings is 1. The average molecular weight is 291 g/mol. The third-order valence-electron chi connectivity index (χ3n) is 3.45. The molecule has 0 saturated carbocycles. The Morgan fingerprint density at radius 3 is 2.26 bits per heavy atom. The fourth-order valence-corrected chi connectivity index (χ4v) is 3.84. The van der Waals surface area contributed by atoms with Gasteiger partial charge in [0.25, 0.3) is 0 Å². The number of nitrogens with one attached hydrogen (secondary N) is 1. The van der Waals surface area contributed by atoms with E-state index in [4.69, 9.17) is 0 Å². The maximum absolute atomic E-state index is 12.2. The van der Waals surface area contributed by atoms with Gasteiger partial charge in [-0.3, -0.25) is 0 Å². The topological polar surface area (TPSA) is 52.7 Å². The third kappa shape index (κ3) is 6.21.